The maximum absolute atomic E-state index is 14.4. The Morgan fingerprint density at radius 3 is 2.73 bits per heavy atom. The van der Waals surface area contributed by atoms with Gasteiger partial charge >= 0.3 is 0 Å². The fourth-order valence-electron chi connectivity index (χ4n) is 2.52. The molecular formula is C18H27FN4O3. The molecule has 0 spiro atoms. The molecule has 1 fully saturated rings. The maximum atomic E-state index is 14.4. The van der Waals surface area contributed by atoms with E-state index in [-0.39, 0.29) is 36.1 Å². The van der Waals surface area contributed by atoms with E-state index in [1.165, 1.54) is 17.0 Å². The number of rotatable bonds is 6. The molecule has 1 aliphatic heterocycles. The minimum Gasteiger partial charge on any atom is -0.370 e. The van der Waals surface area contributed by atoms with Gasteiger partial charge in [-0.25, -0.2) is 4.39 Å². The van der Waals surface area contributed by atoms with Gasteiger partial charge in [0.05, 0.1) is 18.3 Å². The van der Waals surface area contributed by atoms with Gasteiger partial charge in [-0.1, -0.05) is 20.8 Å². The van der Waals surface area contributed by atoms with Gasteiger partial charge in [-0.3, -0.25) is 9.59 Å². The van der Waals surface area contributed by atoms with Crippen LogP contribution in [-0.4, -0.2) is 50.7 Å². The number of hydrogen-bond donors (Lipinski definition) is 3. The molecule has 1 aromatic carbocycles. The van der Waals surface area contributed by atoms with E-state index in [0.29, 0.717) is 25.4 Å². The number of nitrogens with one attached hydrogen (secondary N) is 2. The van der Waals surface area contributed by atoms with Crippen molar-refractivity contribution < 1.29 is 18.7 Å². The zero-order chi connectivity index (χ0) is 19.3. The highest BCUT2D eigenvalue weighted by Crippen LogP contribution is 2.24. The number of halogens is 1. The van der Waals surface area contributed by atoms with Crippen molar-refractivity contribution in [3.63, 3.8) is 0 Å². The summed E-state index contributed by atoms with van der Waals surface area (Å²) in [5.41, 5.74) is 6.17. The van der Waals surface area contributed by atoms with Crippen molar-refractivity contribution in [1.29, 1.82) is 0 Å². The molecule has 1 atom stereocenters. The molecular weight excluding hydrogens is 339 g/mol. The number of nitrogens with two attached hydrogens (primary N) is 1. The van der Waals surface area contributed by atoms with Crippen molar-refractivity contribution >= 4 is 23.2 Å². The summed E-state index contributed by atoms with van der Waals surface area (Å²) in [4.78, 5) is 25.5. The van der Waals surface area contributed by atoms with Crippen LogP contribution in [0, 0.1) is 11.2 Å². The smallest absolute Gasteiger partial charge is 0.253 e. The Morgan fingerprint density at radius 1 is 1.42 bits per heavy atom. The van der Waals surface area contributed by atoms with Crippen LogP contribution < -0.4 is 21.3 Å². The predicted octanol–water partition coefficient (Wildman–Crippen LogP) is 1.09. The third-order valence-electron chi connectivity index (χ3n) is 3.92. The summed E-state index contributed by atoms with van der Waals surface area (Å²) < 4.78 is 19.5. The molecule has 1 aromatic rings. The van der Waals surface area contributed by atoms with Crippen molar-refractivity contribution in [2.24, 2.45) is 11.1 Å². The summed E-state index contributed by atoms with van der Waals surface area (Å²) in [7, 11) is 0. The average molecular weight is 366 g/mol. The average Bonchev–Trinajstić information content (AvgIpc) is 2.55. The summed E-state index contributed by atoms with van der Waals surface area (Å²) in [6.45, 7) is 7.50. The monoisotopic (exact) mass is 366 g/mol. The molecule has 0 bridgehead atoms. The maximum Gasteiger partial charge on any atom is 0.253 e. The lowest BCUT2D eigenvalue weighted by molar-refractivity contribution is -0.125. The minimum atomic E-state index is -0.579. The molecule has 1 saturated heterocycles. The Kier molecular flexibility index (Phi) is 6.69. The zero-order valence-electron chi connectivity index (χ0n) is 15.5. The number of benzene rings is 1. The molecule has 4 N–H and O–H groups in total. The van der Waals surface area contributed by atoms with E-state index in [1.807, 2.05) is 20.8 Å². The number of morpholine rings is 1. The molecule has 0 radical (unpaired) electrons. The first-order valence-corrected chi connectivity index (χ1v) is 8.63. The van der Waals surface area contributed by atoms with Crippen LogP contribution in [0.2, 0.25) is 0 Å². The third-order valence-corrected chi connectivity index (χ3v) is 3.92. The van der Waals surface area contributed by atoms with Crippen LogP contribution in [0.4, 0.5) is 15.8 Å². The molecule has 0 saturated carbocycles. The molecule has 1 aliphatic rings. The van der Waals surface area contributed by atoms with Gasteiger partial charge in [0.1, 0.15) is 12.4 Å². The molecule has 2 amide bonds. The highest BCUT2D eigenvalue weighted by Gasteiger charge is 2.24. The van der Waals surface area contributed by atoms with E-state index in [0.717, 1.165) is 0 Å². The Labute approximate surface area is 153 Å². The molecule has 26 heavy (non-hydrogen) atoms. The zero-order valence-corrected chi connectivity index (χ0v) is 15.5. The summed E-state index contributed by atoms with van der Waals surface area (Å²) in [6.07, 6.45) is 0. The van der Waals surface area contributed by atoms with Gasteiger partial charge < -0.3 is 26.0 Å². The standard InChI is InChI=1S/C18H27FN4O3/c1-18(2,3)11-21-14(9-20)17(25)22-12-4-5-15(13(19)8-12)23-6-7-26-10-16(23)24/h4-5,8,14,21H,6-7,9-11,20H2,1-3H3,(H,22,25)/t14-/m1/s1. The molecule has 8 heteroatoms. The predicted molar refractivity (Wildman–Crippen MR) is 98.5 cm³/mol. The summed E-state index contributed by atoms with van der Waals surface area (Å²) in [6, 6.07) is 3.68. The van der Waals surface area contributed by atoms with Gasteiger partial charge in [0.15, 0.2) is 0 Å². The van der Waals surface area contributed by atoms with Gasteiger partial charge in [0.2, 0.25) is 5.91 Å². The van der Waals surface area contributed by atoms with Crippen LogP contribution >= 0.6 is 0 Å². The van der Waals surface area contributed by atoms with Crippen molar-refractivity contribution in [3.8, 4) is 0 Å². The number of carbonyl (C=O) groups is 2. The topological polar surface area (TPSA) is 96.7 Å². The van der Waals surface area contributed by atoms with Crippen LogP contribution in [0.5, 0.6) is 0 Å². The normalized spacial score (nSPS) is 16.5. The first kappa shape index (κ1) is 20.3. The number of amides is 2. The summed E-state index contributed by atoms with van der Waals surface area (Å²) in [5, 5.41) is 5.78. The van der Waals surface area contributed by atoms with Crippen LogP contribution in [0.25, 0.3) is 0 Å². The molecule has 7 nitrogen and oxygen atoms in total. The lowest BCUT2D eigenvalue weighted by Gasteiger charge is -2.27. The lowest BCUT2D eigenvalue weighted by Crippen LogP contribution is -2.48. The SMILES string of the molecule is CC(C)(C)CN[C@H](CN)C(=O)Nc1ccc(N2CCOCC2=O)c(F)c1. The molecule has 0 aliphatic carbocycles. The van der Waals surface area contributed by atoms with Gasteiger partial charge in [-0.15, -0.1) is 0 Å². The van der Waals surface area contributed by atoms with E-state index in [2.05, 4.69) is 10.6 Å². The first-order chi connectivity index (χ1) is 12.2. The Morgan fingerprint density at radius 2 is 2.15 bits per heavy atom. The molecule has 0 aromatic heterocycles. The quantitative estimate of drug-likeness (QED) is 0.700. The van der Waals surface area contributed by atoms with Crippen LogP contribution in [0.15, 0.2) is 18.2 Å². The van der Waals surface area contributed by atoms with E-state index < -0.39 is 11.9 Å². The van der Waals surface area contributed by atoms with Crippen LogP contribution in [-0.2, 0) is 14.3 Å². The fourth-order valence-corrected chi connectivity index (χ4v) is 2.52. The van der Waals surface area contributed by atoms with Crippen LogP contribution in [0.3, 0.4) is 0 Å². The van der Waals surface area contributed by atoms with Crippen molar-refractivity contribution in [2.45, 2.75) is 26.8 Å². The van der Waals surface area contributed by atoms with E-state index in [4.69, 9.17) is 10.5 Å². The molecule has 2 rings (SSSR count). The lowest BCUT2D eigenvalue weighted by atomic mass is 9.96. The highest BCUT2D eigenvalue weighted by atomic mass is 19.1. The Balaban J connectivity index is 2.04. The number of ether oxygens (including phenoxy) is 1. The second kappa shape index (κ2) is 8.57. The van der Waals surface area contributed by atoms with E-state index >= 15 is 0 Å². The number of hydrogen-bond acceptors (Lipinski definition) is 5. The van der Waals surface area contributed by atoms with Gasteiger partial charge in [-0.2, -0.15) is 0 Å². The molecule has 0 unspecified atom stereocenters. The van der Waals surface area contributed by atoms with Crippen molar-refractivity contribution in [3.05, 3.63) is 24.0 Å². The van der Waals surface area contributed by atoms with Crippen LogP contribution in [0.1, 0.15) is 20.8 Å². The Bertz CT molecular complexity index is 660. The molecule has 1 heterocycles. The minimum absolute atomic E-state index is 0.00610. The van der Waals surface area contributed by atoms with E-state index in [1.54, 1.807) is 6.07 Å². The van der Waals surface area contributed by atoms with Gasteiger partial charge in [-0.05, 0) is 23.6 Å². The number of carbonyl (C=O) groups excluding carboxylic acids is 2. The van der Waals surface area contributed by atoms with Crippen molar-refractivity contribution in [2.75, 3.05) is 43.1 Å². The largest absolute Gasteiger partial charge is 0.370 e. The van der Waals surface area contributed by atoms with Gasteiger partial charge in [0.25, 0.3) is 5.91 Å². The number of anilines is 2. The van der Waals surface area contributed by atoms with Gasteiger partial charge in [0, 0.05) is 25.3 Å². The highest BCUT2D eigenvalue weighted by molar-refractivity contribution is 5.97. The second-order valence-corrected chi connectivity index (χ2v) is 7.48. The Hall–Kier alpha value is -2.03. The first-order valence-electron chi connectivity index (χ1n) is 8.63. The second-order valence-electron chi connectivity index (χ2n) is 7.48. The third kappa shape index (κ3) is 5.48. The van der Waals surface area contributed by atoms with Crippen molar-refractivity contribution in [1.82, 2.24) is 5.32 Å². The summed E-state index contributed by atoms with van der Waals surface area (Å²) >= 11 is 0. The summed E-state index contributed by atoms with van der Waals surface area (Å²) in [5.74, 6) is -1.20. The van der Waals surface area contributed by atoms with E-state index in [9.17, 15) is 14.0 Å². The number of nitrogens with zero attached hydrogens (tertiary/aromatic N) is 1. The molecule has 144 valence electrons. The fraction of sp³-hybridized carbons (Fsp3) is 0.556.